The van der Waals surface area contributed by atoms with Crippen molar-refractivity contribution in [2.24, 2.45) is 0 Å². The molecule has 0 atom stereocenters. The predicted molar refractivity (Wildman–Crippen MR) is 98.9 cm³/mol. The van der Waals surface area contributed by atoms with Crippen molar-refractivity contribution in [3.8, 4) is 5.75 Å². The summed E-state index contributed by atoms with van der Waals surface area (Å²) in [6.45, 7) is 0.696. The lowest BCUT2D eigenvalue weighted by molar-refractivity contribution is -0.141. The Morgan fingerprint density at radius 2 is 2.04 bits per heavy atom. The summed E-state index contributed by atoms with van der Waals surface area (Å²) >= 11 is 0. The molecule has 1 aliphatic rings. The molecule has 5 nitrogen and oxygen atoms in total. The molecule has 1 aliphatic carbocycles. The number of aromatic nitrogens is 2. The Kier molecular flexibility index (Phi) is 6.06. The number of alkyl halides is 3. The van der Waals surface area contributed by atoms with E-state index in [0.717, 1.165) is 30.2 Å². The van der Waals surface area contributed by atoms with E-state index in [2.05, 4.69) is 10.4 Å². The molecule has 150 valence electrons. The Bertz CT molecular complexity index is 837. The number of carbonyl (C=O) groups excluding carboxylic acids is 1. The van der Waals surface area contributed by atoms with Crippen LogP contribution in [0, 0.1) is 0 Å². The van der Waals surface area contributed by atoms with Gasteiger partial charge in [0.2, 0.25) is 5.91 Å². The van der Waals surface area contributed by atoms with Gasteiger partial charge in [0.25, 0.3) is 0 Å². The Labute approximate surface area is 161 Å². The van der Waals surface area contributed by atoms with Crippen LogP contribution < -0.4 is 10.1 Å². The summed E-state index contributed by atoms with van der Waals surface area (Å²) in [7, 11) is 1.58. The minimum atomic E-state index is -4.44. The van der Waals surface area contributed by atoms with Gasteiger partial charge in [0.15, 0.2) is 5.69 Å². The normalized spacial score (nSPS) is 14.4. The van der Waals surface area contributed by atoms with Crippen LogP contribution in [0.25, 0.3) is 6.08 Å². The molecular weight excluding hydrogens is 371 g/mol. The van der Waals surface area contributed by atoms with Crippen LogP contribution in [0.4, 0.5) is 13.2 Å². The van der Waals surface area contributed by atoms with E-state index >= 15 is 0 Å². The van der Waals surface area contributed by atoms with Crippen molar-refractivity contribution in [2.75, 3.05) is 13.7 Å². The van der Waals surface area contributed by atoms with Crippen LogP contribution in [0.3, 0.4) is 0 Å². The summed E-state index contributed by atoms with van der Waals surface area (Å²) in [6.07, 6.45) is 0.970. The number of aryl methyl sites for hydroxylation is 1. The maximum absolute atomic E-state index is 12.9. The summed E-state index contributed by atoms with van der Waals surface area (Å²) in [4.78, 5) is 11.9. The Morgan fingerprint density at radius 3 is 2.64 bits per heavy atom. The van der Waals surface area contributed by atoms with Crippen molar-refractivity contribution in [3.63, 3.8) is 0 Å². The van der Waals surface area contributed by atoms with Crippen molar-refractivity contribution >= 4 is 12.0 Å². The molecule has 1 heterocycles. The van der Waals surface area contributed by atoms with Gasteiger partial charge in [-0.05, 0) is 49.1 Å². The highest BCUT2D eigenvalue weighted by Gasteiger charge is 2.37. The molecule has 0 saturated heterocycles. The quantitative estimate of drug-likeness (QED) is 0.545. The zero-order valence-corrected chi connectivity index (χ0v) is 15.5. The number of nitrogens with one attached hydrogen (secondary N) is 1. The lowest BCUT2D eigenvalue weighted by Gasteiger charge is -2.07. The van der Waals surface area contributed by atoms with E-state index in [0.29, 0.717) is 25.2 Å². The molecule has 1 fully saturated rings. The van der Waals surface area contributed by atoms with Crippen LogP contribution >= 0.6 is 0 Å². The highest BCUT2D eigenvalue weighted by atomic mass is 19.4. The van der Waals surface area contributed by atoms with Gasteiger partial charge in [-0.1, -0.05) is 12.1 Å². The molecule has 2 aromatic rings. The number of methoxy groups -OCH3 is 1. The molecule has 0 unspecified atom stereocenters. The Balaban J connectivity index is 1.47. The molecule has 1 aromatic heterocycles. The number of amides is 1. The molecule has 1 aromatic carbocycles. The average molecular weight is 393 g/mol. The first-order valence-electron chi connectivity index (χ1n) is 9.12. The fourth-order valence-corrected chi connectivity index (χ4v) is 2.84. The fourth-order valence-electron chi connectivity index (χ4n) is 2.84. The summed E-state index contributed by atoms with van der Waals surface area (Å²) in [6, 6.07) is 8.41. The van der Waals surface area contributed by atoms with Crippen molar-refractivity contribution in [2.45, 2.75) is 37.9 Å². The number of hydrogen-bond donors (Lipinski definition) is 1. The molecule has 1 N–H and O–H groups in total. The third-order valence-electron chi connectivity index (χ3n) is 4.49. The molecule has 1 amide bonds. The predicted octanol–water partition coefficient (Wildman–Crippen LogP) is 4.01. The van der Waals surface area contributed by atoms with E-state index in [9.17, 15) is 18.0 Å². The van der Waals surface area contributed by atoms with E-state index in [1.165, 1.54) is 10.8 Å². The van der Waals surface area contributed by atoms with Crippen LogP contribution in [0.1, 0.15) is 42.1 Å². The van der Waals surface area contributed by atoms with Crippen LogP contribution in [-0.4, -0.2) is 29.3 Å². The molecule has 0 spiro atoms. The van der Waals surface area contributed by atoms with Gasteiger partial charge in [-0.25, -0.2) is 0 Å². The highest BCUT2D eigenvalue weighted by molar-refractivity contribution is 5.91. The summed E-state index contributed by atoms with van der Waals surface area (Å²) in [5, 5.41) is 6.44. The maximum atomic E-state index is 12.9. The van der Waals surface area contributed by atoms with E-state index in [-0.39, 0.29) is 11.8 Å². The van der Waals surface area contributed by atoms with Gasteiger partial charge >= 0.3 is 6.18 Å². The van der Waals surface area contributed by atoms with Crippen molar-refractivity contribution in [1.29, 1.82) is 0 Å². The monoisotopic (exact) mass is 393 g/mol. The molecule has 0 aliphatic heterocycles. The van der Waals surface area contributed by atoms with Gasteiger partial charge in [0.1, 0.15) is 5.75 Å². The number of ether oxygens (including phenoxy) is 1. The first-order chi connectivity index (χ1) is 13.4. The molecular formula is C20H22F3N3O2. The van der Waals surface area contributed by atoms with Crippen LogP contribution in [-0.2, 0) is 17.5 Å². The van der Waals surface area contributed by atoms with E-state index in [1.807, 2.05) is 12.1 Å². The largest absolute Gasteiger partial charge is 0.497 e. The second-order valence-corrected chi connectivity index (χ2v) is 6.70. The van der Waals surface area contributed by atoms with Gasteiger partial charge in [0.05, 0.1) is 7.11 Å². The summed E-state index contributed by atoms with van der Waals surface area (Å²) in [5.41, 5.74) is 0.653. The SMILES string of the molecule is COc1ccc(/C=C/C(=O)NCCCn2nc(C(F)(F)F)cc2C2CC2)cc1. The van der Waals surface area contributed by atoms with Crippen molar-refractivity contribution in [1.82, 2.24) is 15.1 Å². The van der Waals surface area contributed by atoms with E-state index < -0.39 is 11.9 Å². The molecule has 1 saturated carbocycles. The topological polar surface area (TPSA) is 56.1 Å². The fraction of sp³-hybridized carbons (Fsp3) is 0.400. The zero-order valence-electron chi connectivity index (χ0n) is 15.5. The standard InChI is InChI=1S/C20H22F3N3O2/c1-28-16-8-3-14(4-9-16)5-10-19(27)24-11-2-12-26-17(15-6-7-15)13-18(25-26)20(21,22)23/h3-5,8-10,13,15H,2,6-7,11-12H2,1H3,(H,24,27)/b10-5+. The number of hydrogen-bond acceptors (Lipinski definition) is 3. The second-order valence-electron chi connectivity index (χ2n) is 6.70. The van der Waals surface area contributed by atoms with Crippen molar-refractivity contribution < 1.29 is 22.7 Å². The molecule has 28 heavy (non-hydrogen) atoms. The molecule has 3 rings (SSSR count). The number of rotatable bonds is 8. The van der Waals surface area contributed by atoms with Crippen LogP contribution in [0.5, 0.6) is 5.75 Å². The maximum Gasteiger partial charge on any atom is 0.435 e. The number of benzene rings is 1. The Morgan fingerprint density at radius 1 is 1.32 bits per heavy atom. The van der Waals surface area contributed by atoms with Crippen LogP contribution in [0.2, 0.25) is 0 Å². The van der Waals surface area contributed by atoms with Gasteiger partial charge in [-0.2, -0.15) is 18.3 Å². The Hall–Kier alpha value is -2.77. The average Bonchev–Trinajstić information content (AvgIpc) is 3.42. The second kappa shape index (κ2) is 8.50. The molecule has 0 bridgehead atoms. The van der Waals surface area contributed by atoms with Gasteiger partial charge in [-0.3, -0.25) is 9.48 Å². The number of carbonyl (C=O) groups is 1. The first kappa shape index (κ1) is 20.0. The van der Waals surface area contributed by atoms with E-state index in [1.54, 1.807) is 25.3 Å². The molecule has 0 radical (unpaired) electrons. The minimum Gasteiger partial charge on any atom is -0.497 e. The zero-order chi connectivity index (χ0) is 20.1. The number of nitrogens with zero attached hydrogens (tertiary/aromatic N) is 2. The van der Waals surface area contributed by atoms with Crippen LogP contribution in [0.15, 0.2) is 36.4 Å². The van der Waals surface area contributed by atoms with E-state index in [4.69, 9.17) is 4.74 Å². The third kappa shape index (κ3) is 5.37. The number of halogens is 3. The lowest BCUT2D eigenvalue weighted by Crippen LogP contribution is -2.23. The summed E-state index contributed by atoms with van der Waals surface area (Å²) < 4.78 is 45.1. The van der Waals surface area contributed by atoms with Crippen molar-refractivity contribution in [3.05, 3.63) is 53.4 Å². The lowest BCUT2D eigenvalue weighted by atomic mass is 10.2. The summed E-state index contributed by atoms with van der Waals surface area (Å²) in [5.74, 6) is 0.653. The van der Waals surface area contributed by atoms with Gasteiger partial charge in [0, 0.05) is 30.8 Å². The minimum absolute atomic E-state index is 0.172. The van der Waals surface area contributed by atoms with Gasteiger partial charge in [-0.15, -0.1) is 0 Å². The third-order valence-corrected chi connectivity index (χ3v) is 4.49. The van der Waals surface area contributed by atoms with Gasteiger partial charge < -0.3 is 10.1 Å². The highest BCUT2D eigenvalue weighted by Crippen LogP contribution is 2.42. The first-order valence-corrected chi connectivity index (χ1v) is 9.12. The molecule has 8 heteroatoms. The smallest absolute Gasteiger partial charge is 0.435 e.